The van der Waals surface area contributed by atoms with Crippen molar-refractivity contribution in [2.45, 2.75) is 26.7 Å². The standard InChI is InChI=1S/C25H26N4O2/c1-3-31-21-8-9-23-22(14-21)24(19(15-26)16-27-23)29-12-10-18(11-13-29)25(30)28-20-6-4-17(2)5-7-20/h4-9,14,16,18H,3,10-13H2,1-2H3,(H,28,30). The maximum atomic E-state index is 12.7. The number of nitriles is 1. The second-order valence-electron chi connectivity index (χ2n) is 7.86. The molecule has 0 spiro atoms. The Hall–Kier alpha value is -3.59. The molecule has 0 radical (unpaired) electrons. The predicted molar refractivity (Wildman–Crippen MR) is 122 cm³/mol. The molecule has 0 atom stereocenters. The van der Waals surface area contributed by atoms with E-state index in [-0.39, 0.29) is 11.8 Å². The van der Waals surface area contributed by atoms with Crippen LogP contribution in [-0.4, -0.2) is 30.6 Å². The number of nitrogens with one attached hydrogen (secondary N) is 1. The fraction of sp³-hybridized carbons (Fsp3) is 0.320. The van der Waals surface area contributed by atoms with Crippen molar-refractivity contribution >= 4 is 28.2 Å². The van der Waals surface area contributed by atoms with Crippen molar-refractivity contribution in [3.05, 3.63) is 59.8 Å². The highest BCUT2D eigenvalue weighted by Gasteiger charge is 2.27. The summed E-state index contributed by atoms with van der Waals surface area (Å²) in [4.78, 5) is 19.4. The summed E-state index contributed by atoms with van der Waals surface area (Å²) < 4.78 is 5.66. The van der Waals surface area contributed by atoms with Gasteiger partial charge in [0.05, 0.1) is 23.4 Å². The van der Waals surface area contributed by atoms with Crippen LogP contribution in [0, 0.1) is 24.2 Å². The van der Waals surface area contributed by atoms with E-state index in [1.54, 1.807) is 6.20 Å². The minimum atomic E-state index is -0.0461. The third kappa shape index (κ3) is 4.46. The van der Waals surface area contributed by atoms with Crippen molar-refractivity contribution in [1.82, 2.24) is 4.98 Å². The van der Waals surface area contributed by atoms with E-state index >= 15 is 0 Å². The molecule has 1 fully saturated rings. The molecule has 0 bridgehead atoms. The van der Waals surface area contributed by atoms with Crippen molar-refractivity contribution < 1.29 is 9.53 Å². The first kappa shape index (κ1) is 20.7. The molecule has 31 heavy (non-hydrogen) atoms. The Bertz CT molecular complexity index is 1130. The molecule has 0 aliphatic carbocycles. The third-order valence-corrected chi connectivity index (χ3v) is 5.74. The Kier molecular flexibility index (Phi) is 6.03. The highest BCUT2D eigenvalue weighted by Crippen LogP contribution is 2.34. The second kappa shape index (κ2) is 9.05. The van der Waals surface area contributed by atoms with E-state index in [9.17, 15) is 10.1 Å². The number of nitrogens with zero attached hydrogens (tertiary/aromatic N) is 3. The lowest BCUT2D eigenvalue weighted by molar-refractivity contribution is -0.120. The van der Waals surface area contributed by atoms with Crippen LogP contribution in [-0.2, 0) is 4.79 Å². The van der Waals surface area contributed by atoms with Gasteiger partial charge in [0.15, 0.2) is 0 Å². The fourth-order valence-electron chi connectivity index (χ4n) is 4.08. The zero-order valence-corrected chi connectivity index (χ0v) is 17.9. The van der Waals surface area contributed by atoms with Gasteiger partial charge in [-0.25, -0.2) is 0 Å². The molecule has 2 heterocycles. The average Bonchev–Trinajstić information content (AvgIpc) is 2.80. The molecular formula is C25H26N4O2. The number of carbonyl (C=O) groups is 1. The van der Waals surface area contributed by atoms with Crippen LogP contribution < -0.4 is 15.0 Å². The number of ether oxygens (including phenoxy) is 1. The van der Waals surface area contributed by atoms with Gasteiger partial charge in [-0.05, 0) is 57.0 Å². The van der Waals surface area contributed by atoms with E-state index in [4.69, 9.17) is 4.74 Å². The van der Waals surface area contributed by atoms with E-state index in [2.05, 4.69) is 21.3 Å². The minimum absolute atomic E-state index is 0.0461. The largest absolute Gasteiger partial charge is 0.494 e. The molecule has 2 aromatic carbocycles. The highest BCUT2D eigenvalue weighted by atomic mass is 16.5. The predicted octanol–water partition coefficient (Wildman–Crippen LogP) is 4.67. The summed E-state index contributed by atoms with van der Waals surface area (Å²) in [6.07, 6.45) is 3.10. The van der Waals surface area contributed by atoms with Crippen LogP contribution in [0.2, 0.25) is 0 Å². The number of hydrogen-bond donors (Lipinski definition) is 1. The van der Waals surface area contributed by atoms with Crippen molar-refractivity contribution in [2.24, 2.45) is 5.92 Å². The Balaban J connectivity index is 1.52. The van der Waals surface area contributed by atoms with Crippen LogP contribution in [0.1, 0.15) is 30.9 Å². The lowest BCUT2D eigenvalue weighted by atomic mass is 9.94. The van der Waals surface area contributed by atoms with E-state index in [0.717, 1.165) is 46.4 Å². The molecule has 1 aromatic heterocycles. The summed E-state index contributed by atoms with van der Waals surface area (Å²) in [5.41, 5.74) is 4.25. The van der Waals surface area contributed by atoms with Crippen LogP contribution in [0.4, 0.5) is 11.4 Å². The molecule has 4 rings (SSSR count). The number of benzene rings is 2. The summed E-state index contributed by atoms with van der Waals surface area (Å²) in [7, 11) is 0. The van der Waals surface area contributed by atoms with Gasteiger partial charge in [0.25, 0.3) is 0 Å². The van der Waals surface area contributed by atoms with E-state index in [0.29, 0.717) is 25.3 Å². The first-order valence-electron chi connectivity index (χ1n) is 10.7. The average molecular weight is 415 g/mol. The molecule has 0 saturated carbocycles. The van der Waals surface area contributed by atoms with Crippen LogP contribution in [0.3, 0.4) is 0 Å². The maximum Gasteiger partial charge on any atom is 0.227 e. The van der Waals surface area contributed by atoms with Crippen LogP contribution in [0.15, 0.2) is 48.7 Å². The molecular weight excluding hydrogens is 388 g/mol. The molecule has 158 valence electrons. The number of amides is 1. The van der Waals surface area contributed by atoms with Gasteiger partial charge < -0.3 is 15.0 Å². The van der Waals surface area contributed by atoms with Gasteiger partial charge in [-0.15, -0.1) is 0 Å². The SMILES string of the molecule is CCOc1ccc2ncc(C#N)c(N3CCC(C(=O)Nc4ccc(C)cc4)CC3)c2c1. The van der Waals surface area contributed by atoms with Gasteiger partial charge >= 0.3 is 0 Å². The van der Waals surface area contributed by atoms with Crippen LogP contribution in [0.5, 0.6) is 5.75 Å². The van der Waals surface area contributed by atoms with Gasteiger partial charge in [-0.1, -0.05) is 17.7 Å². The lowest BCUT2D eigenvalue weighted by Crippen LogP contribution is -2.38. The van der Waals surface area contributed by atoms with E-state index in [1.165, 1.54) is 0 Å². The summed E-state index contributed by atoms with van der Waals surface area (Å²) in [5.74, 6) is 0.776. The summed E-state index contributed by atoms with van der Waals surface area (Å²) in [6, 6.07) is 15.9. The smallest absolute Gasteiger partial charge is 0.227 e. The number of aryl methyl sites for hydroxylation is 1. The van der Waals surface area contributed by atoms with Crippen molar-refractivity contribution in [3.8, 4) is 11.8 Å². The van der Waals surface area contributed by atoms with Crippen LogP contribution in [0.25, 0.3) is 10.9 Å². The zero-order chi connectivity index (χ0) is 21.8. The maximum absolute atomic E-state index is 12.7. The van der Waals surface area contributed by atoms with Crippen molar-refractivity contribution in [3.63, 3.8) is 0 Å². The van der Waals surface area contributed by atoms with Gasteiger partial charge in [-0.2, -0.15) is 5.26 Å². The van der Waals surface area contributed by atoms with Gasteiger partial charge in [-0.3, -0.25) is 9.78 Å². The Morgan fingerprint density at radius 3 is 2.65 bits per heavy atom. The van der Waals surface area contributed by atoms with Crippen molar-refractivity contribution in [2.75, 3.05) is 29.9 Å². The Labute approximate surface area is 182 Å². The van der Waals surface area contributed by atoms with Crippen molar-refractivity contribution in [1.29, 1.82) is 5.26 Å². The molecule has 6 nitrogen and oxygen atoms in total. The third-order valence-electron chi connectivity index (χ3n) is 5.74. The number of hydrogen-bond acceptors (Lipinski definition) is 5. The van der Waals surface area contributed by atoms with Gasteiger partial charge in [0, 0.05) is 36.3 Å². The number of pyridine rings is 1. The highest BCUT2D eigenvalue weighted by molar-refractivity contribution is 5.96. The molecule has 1 aliphatic rings. The first-order valence-corrected chi connectivity index (χ1v) is 10.7. The summed E-state index contributed by atoms with van der Waals surface area (Å²) in [6.45, 7) is 5.96. The summed E-state index contributed by atoms with van der Waals surface area (Å²) in [5, 5.41) is 13.6. The number of carbonyl (C=O) groups excluding carboxylic acids is 1. The lowest BCUT2D eigenvalue weighted by Gasteiger charge is -2.34. The monoisotopic (exact) mass is 414 g/mol. The molecule has 1 N–H and O–H groups in total. The number of fused-ring (bicyclic) bond motifs is 1. The number of anilines is 2. The van der Waals surface area contributed by atoms with Gasteiger partial charge in [0.2, 0.25) is 5.91 Å². The summed E-state index contributed by atoms with van der Waals surface area (Å²) >= 11 is 0. The fourth-order valence-corrected chi connectivity index (χ4v) is 4.08. The molecule has 1 saturated heterocycles. The first-order chi connectivity index (χ1) is 15.1. The molecule has 6 heteroatoms. The Morgan fingerprint density at radius 2 is 1.97 bits per heavy atom. The van der Waals surface area contributed by atoms with E-state index < -0.39 is 0 Å². The molecule has 0 unspecified atom stereocenters. The second-order valence-corrected chi connectivity index (χ2v) is 7.86. The van der Waals surface area contributed by atoms with E-state index in [1.807, 2.05) is 56.3 Å². The molecule has 1 aliphatic heterocycles. The number of aromatic nitrogens is 1. The van der Waals surface area contributed by atoms with Crippen LogP contribution >= 0.6 is 0 Å². The topological polar surface area (TPSA) is 78.2 Å². The van der Waals surface area contributed by atoms with Gasteiger partial charge in [0.1, 0.15) is 11.8 Å². The number of piperidine rings is 1. The normalized spacial score (nSPS) is 14.3. The Morgan fingerprint density at radius 1 is 1.23 bits per heavy atom. The molecule has 3 aromatic rings. The molecule has 1 amide bonds. The quantitative estimate of drug-likeness (QED) is 0.656. The zero-order valence-electron chi connectivity index (χ0n) is 17.9. The minimum Gasteiger partial charge on any atom is -0.494 e. The number of rotatable bonds is 5.